The molecular weight excluding hydrogens is 300 g/mol. The predicted molar refractivity (Wildman–Crippen MR) is 97.4 cm³/mol. The fraction of sp³-hybridized carbons (Fsp3) is 0.524. The van der Waals surface area contributed by atoms with Crippen LogP contribution in [-0.4, -0.2) is 12.9 Å². The lowest BCUT2D eigenvalue weighted by Crippen LogP contribution is -2.19. The zero-order valence-electron chi connectivity index (χ0n) is 15.5. The molecule has 0 aliphatic rings. The first-order valence-electron chi connectivity index (χ1n) is 8.80. The molecule has 3 heteroatoms. The Morgan fingerprint density at radius 3 is 2.33 bits per heavy atom. The summed E-state index contributed by atoms with van der Waals surface area (Å²) in [6.07, 6.45) is 3.28. The first-order chi connectivity index (χ1) is 11.4. The predicted octanol–water partition coefficient (Wildman–Crippen LogP) is 5.80. The monoisotopic (exact) mass is 330 g/mol. The van der Waals surface area contributed by atoms with E-state index in [1.54, 1.807) is 6.26 Å². The molecule has 0 aliphatic carbocycles. The number of hydrogen-bond donors (Lipinski definition) is 0. The minimum atomic E-state index is -0.282. The van der Waals surface area contributed by atoms with E-state index in [1.165, 1.54) is 5.56 Å². The van der Waals surface area contributed by atoms with E-state index in [-0.39, 0.29) is 11.7 Å². The maximum atomic E-state index is 5.83. The Kier molecular flexibility index (Phi) is 6.50. The van der Waals surface area contributed by atoms with Crippen LogP contribution >= 0.6 is 0 Å². The molecule has 0 saturated heterocycles. The number of furan rings is 1. The number of ether oxygens (including phenoxy) is 2. The van der Waals surface area contributed by atoms with Crippen molar-refractivity contribution in [1.82, 2.24) is 0 Å². The van der Waals surface area contributed by atoms with E-state index in [1.807, 2.05) is 31.2 Å². The molecule has 2 atom stereocenters. The molecule has 0 N–H and O–H groups in total. The van der Waals surface area contributed by atoms with Gasteiger partial charge in [0.2, 0.25) is 0 Å². The second kappa shape index (κ2) is 8.39. The Morgan fingerprint density at radius 2 is 1.79 bits per heavy atom. The molecule has 1 aromatic heterocycles. The van der Waals surface area contributed by atoms with E-state index < -0.39 is 0 Å². The van der Waals surface area contributed by atoms with Gasteiger partial charge >= 0.3 is 0 Å². The van der Waals surface area contributed by atoms with Gasteiger partial charge in [0.05, 0.1) is 12.9 Å². The molecule has 24 heavy (non-hydrogen) atoms. The summed E-state index contributed by atoms with van der Waals surface area (Å²) in [5.41, 5.74) is 1.63. The quantitative estimate of drug-likeness (QED) is 0.573. The van der Waals surface area contributed by atoms with Gasteiger partial charge in [-0.05, 0) is 54.5 Å². The fourth-order valence-corrected chi connectivity index (χ4v) is 3.13. The van der Waals surface area contributed by atoms with Crippen molar-refractivity contribution in [3.8, 4) is 5.75 Å². The van der Waals surface area contributed by atoms with Crippen LogP contribution in [0.2, 0.25) is 0 Å². The first kappa shape index (κ1) is 18.6. The molecule has 0 bridgehead atoms. The third-order valence-corrected chi connectivity index (χ3v) is 4.32. The summed E-state index contributed by atoms with van der Waals surface area (Å²) in [5.74, 6) is 2.32. The molecule has 0 saturated carbocycles. The smallest absolute Gasteiger partial charge is 0.196 e. The normalized spacial score (nSPS) is 14.4. The van der Waals surface area contributed by atoms with Crippen LogP contribution in [0.1, 0.15) is 58.3 Å². The molecule has 0 amide bonds. The molecule has 0 radical (unpaired) electrons. The highest BCUT2D eigenvalue weighted by Crippen LogP contribution is 2.37. The van der Waals surface area contributed by atoms with Gasteiger partial charge in [-0.15, -0.1) is 0 Å². The molecule has 1 heterocycles. The van der Waals surface area contributed by atoms with E-state index in [0.29, 0.717) is 12.5 Å². The van der Waals surface area contributed by atoms with Crippen LogP contribution in [0, 0.1) is 5.41 Å². The lowest BCUT2D eigenvalue weighted by molar-refractivity contribution is -0.0662. The number of rotatable bonds is 8. The van der Waals surface area contributed by atoms with Gasteiger partial charge in [0.25, 0.3) is 0 Å². The summed E-state index contributed by atoms with van der Waals surface area (Å²) in [7, 11) is 0. The molecule has 0 aliphatic heterocycles. The largest absolute Gasteiger partial charge is 0.469 e. The highest BCUT2D eigenvalue weighted by molar-refractivity contribution is 5.30. The van der Waals surface area contributed by atoms with Crippen molar-refractivity contribution in [3.63, 3.8) is 0 Å². The average molecular weight is 330 g/mol. The molecule has 132 valence electrons. The van der Waals surface area contributed by atoms with Gasteiger partial charge < -0.3 is 13.9 Å². The van der Waals surface area contributed by atoms with Crippen LogP contribution < -0.4 is 4.74 Å². The summed E-state index contributed by atoms with van der Waals surface area (Å²) in [4.78, 5) is 0. The zero-order chi connectivity index (χ0) is 17.6. The highest BCUT2D eigenvalue weighted by Gasteiger charge is 2.24. The molecule has 3 nitrogen and oxygen atoms in total. The number of benzene rings is 1. The fourth-order valence-electron chi connectivity index (χ4n) is 3.13. The number of hydrogen-bond acceptors (Lipinski definition) is 3. The Labute approximate surface area is 146 Å². The molecular formula is C21H30O3. The summed E-state index contributed by atoms with van der Waals surface area (Å²) < 4.78 is 16.8. The van der Waals surface area contributed by atoms with E-state index >= 15 is 0 Å². The molecule has 0 spiro atoms. The SMILES string of the molecule is CCC(c1ccc(OC(C)OCCc2ccco2)cc1)C(C)(C)C. The van der Waals surface area contributed by atoms with E-state index in [9.17, 15) is 0 Å². The Morgan fingerprint density at radius 1 is 1.08 bits per heavy atom. The molecule has 1 aromatic carbocycles. The van der Waals surface area contributed by atoms with Crippen molar-refractivity contribution in [2.24, 2.45) is 5.41 Å². The van der Waals surface area contributed by atoms with Gasteiger partial charge in [-0.2, -0.15) is 0 Å². The second-order valence-corrected chi connectivity index (χ2v) is 7.28. The van der Waals surface area contributed by atoms with Crippen LogP contribution in [0.4, 0.5) is 0 Å². The van der Waals surface area contributed by atoms with Gasteiger partial charge in [0, 0.05) is 6.42 Å². The molecule has 0 fully saturated rings. The summed E-state index contributed by atoms with van der Waals surface area (Å²) >= 11 is 0. The topological polar surface area (TPSA) is 31.6 Å². The van der Waals surface area contributed by atoms with Crippen LogP contribution in [-0.2, 0) is 11.2 Å². The van der Waals surface area contributed by atoms with E-state index in [4.69, 9.17) is 13.9 Å². The first-order valence-corrected chi connectivity index (χ1v) is 8.80. The average Bonchev–Trinajstić information content (AvgIpc) is 3.01. The zero-order valence-corrected chi connectivity index (χ0v) is 15.5. The van der Waals surface area contributed by atoms with Gasteiger partial charge in [-0.3, -0.25) is 0 Å². The van der Waals surface area contributed by atoms with Crippen molar-refractivity contribution >= 4 is 0 Å². The van der Waals surface area contributed by atoms with Crippen LogP contribution in [0.3, 0.4) is 0 Å². The lowest BCUT2D eigenvalue weighted by atomic mass is 9.75. The van der Waals surface area contributed by atoms with E-state index in [2.05, 4.69) is 39.8 Å². The van der Waals surface area contributed by atoms with Crippen LogP contribution in [0.25, 0.3) is 0 Å². The minimum Gasteiger partial charge on any atom is -0.469 e. The Balaban J connectivity index is 1.84. The minimum absolute atomic E-state index is 0.263. The molecule has 2 rings (SSSR count). The highest BCUT2D eigenvalue weighted by atomic mass is 16.7. The van der Waals surface area contributed by atoms with Gasteiger partial charge in [0.1, 0.15) is 11.5 Å². The summed E-state index contributed by atoms with van der Waals surface area (Å²) in [5, 5.41) is 0. The third-order valence-electron chi connectivity index (χ3n) is 4.32. The van der Waals surface area contributed by atoms with E-state index in [0.717, 1.165) is 24.4 Å². The van der Waals surface area contributed by atoms with Crippen molar-refractivity contribution in [2.75, 3.05) is 6.61 Å². The van der Waals surface area contributed by atoms with Crippen molar-refractivity contribution in [3.05, 3.63) is 54.0 Å². The third kappa shape index (κ3) is 5.41. The van der Waals surface area contributed by atoms with Crippen molar-refractivity contribution in [2.45, 2.75) is 59.7 Å². The maximum absolute atomic E-state index is 5.83. The van der Waals surface area contributed by atoms with Gasteiger partial charge in [-0.25, -0.2) is 0 Å². The summed E-state index contributed by atoms with van der Waals surface area (Å²) in [6.45, 7) is 11.6. The van der Waals surface area contributed by atoms with Crippen LogP contribution in [0.15, 0.2) is 47.1 Å². The Bertz CT molecular complexity index is 579. The second-order valence-electron chi connectivity index (χ2n) is 7.28. The van der Waals surface area contributed by atoms with Crippen molar-refractivity contribution in [1.29, 1.82) is 0 Å². The van der Waals surface area contributed by atoms with Gasteiger partial charge in [-0.1, -0.05) is 39.8 Å². The Hall–Kier alpha value is -1.74. The lowest BCUT2D eigenvalue weighted by Gasteiger charge is -2.30. The summed E-state index contributed by atoms with van der Waals surface area (Å²) in [6, 6.07) is 12.3. The van der Waals surface area contributed by atoms with Crippen LogP contribution in [0.5, 0.6) is 5.75 Å². The maximum Gasteiger partial charge on any atom is 0.196 e. The molecule has 2 aromatic rings. The standard InChI is InChI=1S/C21H30O3/c1-6-20(21(3,4)5)17-9-11-19(12-10-17)24-16(2)22-15-13-18-8-7-14-23-18/h7-12,14,16,20H,6,13,15H2,1-5H3. The molecule has 2 unspecified atom stereocenters. The van der Waals surface area contributed by atoms with Crippen molar-refractivity contribution < 1.29 is 13.9 Å². The van der Waals surface area contributed by atoms with Gasteiger partial charge in [0.15, 0.2) is 6.29 Å².